The number of carbonyl (C=O) groups is 1. The minimum atomic E-state index is -5.31. The number of alkyl halides is 3. The van der Waals surface area contributed by atoms with Crippen LogP contribution in [0, 0.1) is 35.1 Å². The summed E-state index contributed by atoms with van der Waals surface area (Å²) >= 11 is 0. The molecule has 0 saturated heterocycles. The van der Waals surface area contributed by atoms with Crippen LogP contribution in [0.25, 0.3) is 6.08 Å². The van der Waals surface area contributed by atoms with Crippen LogP contribution in [0.4, 0.5) is 30.7 Å². The van der Waals surface area contributed by atoms with Gasteiger partial charge in [-0.15, -0.1) is 0 Å². The molecule has 2 nitrogen and oxygen atoms in total. The molecule has 1 aliphatic carbocycles. The van der Waals surface area contributed by atoms with Crippen LogP contribution >= 0.6 is 0 Å². The molecular formula is C25H23F7O2. The van der Waals surface area contributed by atoms with Crippen molar-refractivity contribution in [3.63, 3.8) is 0 Å². The zero-order valence-corrected chi connectivity index (χ0v) is 18.3. The van der Waals surface area contributed by atoms with Gasteiger partial charge in [-0.2, -0.15) is 13.2 Å². The highest BCUT2D eigenvalue weighted by Crippen LogP contribution is 2.36. The van der Waals surface area contributed by atoms with Crippen molar-refractivity contribution in [1.82, 2.24) is 0 Å². The Labute approximate surface area is 192 Å². The number of benzene rings is 2. The number of ether oxygens (including phenoxy) is 1. The average molecular weight is 488 g/mol. The first-order chi connectivity index (χ1) is 16.0. The molecule has 0 aliphatic heterocycles. The number of esters is 1. The largest absolute Gasteiger partial charge is 0.423 e. The topological polar surface area (TPSA) is 26.3 Å². The lowest BCUT2D eigenvalue weighted by Crippen LogP contribution is -2.15. The maximum Gasteiger partial charge on any atom is 0.422 e. The summed E-state index contributed by atoms with van der Waals surface area (Å²) in [6.07, 6.45) is 4.62. The first-order valence-corrected chi connectivity index (χ1v) is 10.9. The number of carbonyl (C=O) groups excluding carboxylic acids is 1. The zero-order chi connectivity index (χ0) is 25.0. The molecule has 9 heteroatoms. The Morgan fingerprint density at radius 1 is 0.941 bits per heavy atom. The van der Waals surface area contributed by atoms with Crippen molar-refractivity contribution >= 4 is 12.0 Å². The number of hydrogen-bond donors (Lipinski definition) is 0. The fourth-order valence-electron chi connectivity index (χ4n) is 4.25. The summed E-state index contributed by atoms with van der Waals surface area (Å²) in [5.74, 6) is -8.21. The van der Waals surface area contributed by atoms with E-state index in [0.717, 1.165) is 44.2 Å². The van der Waals surface area contributed by atoms with Crippen molar-refractivity contribution in [2.45, 2.75) is 51.6 Å². The molecule has 184 valence electrons. The molecule has 0 atom stereocenters. The van der Waals surface area contributed by atoms with Gasteiger partial charge in [-0.25, -0.2) is 22.4 Å². The summed E-state index contributed by atoms with van der Waals surface area (Å²) in [7, 11) is 0. The SMILES string of the molecule is CCCC1CCC(C=Cc2cc(F)c(C(=O)Oc3cc(F)c(C(F)(F)F)c(F)c3)c(F)c2)CC1. The summed E-state index contributed by atoms with van der Waals surface area (Å²) < 4.78 is 98.8. The van der Waals surface area contributed by atoms with Crippen molar-refractivity contribution in [3.8, 4) is 5.75 Å². The molecule has 1 fully saturated rings. The van der Waals surface area contributed by atoms with Crippen LogP contribution in [0.5, 0.6) is 5.75 Å². The van der Waals surface area contributed by atoms with Crippen molar-refractivity contribution in [2.75, 3.05) is 0 Å². The lowest BCUT2D eigenvalue weighted by atomic mass is 9.80. The van der Waals surface area contributed by atoms with Crippen LogP contribution in [-0.4, -0.2) is 5.97 Å². The fraction of sp³-hybridized carbons (Fsp3) is 0.400. The Hall–Kier alpha value is -2.84. The third-order valence-corrected chi connectivity index (χ3v) is 5.93. The highest BCUT2D eigenvalue weighted by molar-refractivity contribution is 5.92. The summed E-state index contributed by atoms with van der Waals surface area (Å²) in [5, 5.41) is 0. The molecule has 0 unspecified atom stereocenters. The molecule has 2 aromatic rings. The maximum atomic E-state index is 14.5. The molecule has 0 amide bonds. The summed E-state index contributed by atoms with van der Waals surface area (Å²) in [4.78, 5) is 12.2. The van der Waals surface area contributed by atoms with Crippen LogP contribution in [0.2, 0.25) is 0 Å². The van der Waals surface area contributed by atoms with E-state index in [4.69, 9.17) is 0 Å². The van der Waals surface area contributed by atoms with Gasteiger partial charge >= 0.3 is 12.1 Å². The molecule has 0 radical (unpaired) electrons. The Kier molecular flexibility index (Phi) is 8.05. The smallest absolute Gasteiger partial charge is 0.422 e. The first-order valence-electron chi connectivity index (χ1n) is 10.9. The Morgan fingerprint density at radius 3 is 2.00 bits per heavy atom. The van der Waals surface area contributed by atoms with E-state index < -0.39 is 52.3 Å². The highest BCUT2D eigenvalue weighted by atomic mass is 19.4. The monoisotopic (exact) mass is 488 g/mol. The Bertz CT molecular complexity index is 1020. The van der Waals surface area contributed by atoms with E-state index in [9.17, 15) is 35.5 Å². The number of halogens is 7. The normalized spacial score (nSPS) is 18.9. The number of allylic oxidation sites excluding steroid dienone is 1. The summed E-state index contributed by atoms with van der Waals surface area (Å²) in [6, 6.07) is 2.05. The van der Waals surface area contributed by atoms with Gasteiger partial charge in [-0.05, 0) is 55.2 Å². The number of hydrogen-bond acceptors (Lipinski definition) is 2. The van der Waals surface area contributed by atoms with Gasteiger partial charge in [0, 0.05) is 12.1 Å². The second-order valence-electron chi connectivity index (χ2n) is 8.44. The minimum absolute atomic E-state index is 0.117. The lowest BCUT2D eigenvalue weighted by molar-refractivity contribution is -0.142. The van der Waals surface area contributed by atoms with Crippen molar-refractivity contribution in [2.24, 2.45) is 11.8 Å². The van der Waals surface area contributed by atoms with E-state index in [1.807, 2.05) is 6.08 Å². The van der Waals surface area contributed by atoms with E-state index in [1.165, 1.54) is 6.42 Å². The van der Waals surface area contributed by atoms with Gasteiger partial charge in [0.05, 0.1) is 0 Å². The standard InChI is InChI=1S/C25H23F7O2/c1-2-3-14-4-6-15(7-5-14)8-9-16-10-18(26)22(19(27)11-16)24(33)34-17-12-20(28)23(21(29)13-17)25(30,31)32/h8-15H,2-7H2,1H3. The molecule has 0 N–H and O–H groups in total. The van der Waals surface area contributed by atoms with Crippen molar-refractivity contribution < 1.29 is 40.3 Å². The maximum absolute atomic E-state index is 14.5. The van der Waals surface area contributed by atoms with Gasteiger partial charge in [0.15, 0.2) is 0 Å². The van der Waals surface area contributed by atoms with E-state index >= 15 is 0 Å². The molecule has 0 heterocycles. The van der Waals surface area contributed by atoms with E-state index in [0.29, 0.717) is 5.92 Å². The van der Waals surface area contributed by atoms with Gasteiger partial charge in [0.25, 0.3) is 0 Å². The first kappa shape index (κ1) is 25.8. The van der Waals surface area contributed by atoms with Crippen molar-refractivity contribution in [3.05, 3.63) is 70.3 Å². The number of rotatable bonds is 6. The van der Waals surface area contributed by atoms with Crippen molar-refractivity contribution in [1.29, 1.82) is 0 Å². The van der Waals surface area contributed by atoms with E-state index in [-0.39, 0.29) is 23.6 Å². The Balaban J connectivity index is 1.72. The third kappa shape index (κ3) is 6.18. The van der Waals surface area contributed by atoms with Gasteiger partial charge in [-0.1, -0.05) is 31.9 Å². The van der Waals surface area contributed by atoms with Crippen LogP contribution in [0.3, 0.4) is 0 Å². The lowest BCUT2D eigenvalue weighted by Gasteiger charge is -2.26. The second-order valence-corrected chi connectivity index (χ2v) is 8.44. The molecule has 0 aromatic heterocycles. The quantitative estimate of drug-likeness (QED) is 0.233. The molecule has 3 rings (SSSR count). The second kappa shape index (κ2) is 10.6. The summed E-state index contributed by atoms with van der Waals surface area (Å²) in [5.41, 5.74) is -3.12. The molecular weight excluding hydrogens is 465 g/mol. The van der Waals surface area contributed by atoms with Crippen LogP contribution < -0.4 is 4.74 Å². The molecule has 0 spiro atoms. The fourth-order valence-corrected chi connectivity index (χ4v) is 4.25. The molecule has 34 heavy (non-hydrogen) atoms. The van der Waals surface area contributed by atoms with Crippen LogP contribution in [0.15, 0.2) is 30.3 Å². The van der Waals surface area contributed by atoms with Crippen LogP contribution in [-0.2, 0) is 6.18 Å². The van der Waals surface area contributed by atoms with E-state index in [1.54, 1.807) is 6.08 Å². The third-order valence-electron chi connectivity index (χ3n) is 5.93. The molecule has 2 aromatic carbocycles. The molecule has 1 aliphatic rings. The average Bonchev–Trinajstić information content (AvgIpc) is 2.71. The van der Waals surface area contributed by atoms with E-state index in [2.05, 4.69) is 11.7 Å². The zero-order valence-electron chi connectivity index (χ0n) is 18.3. The minimum Gasteiger partial charge on any atom is -0.423 e. The predicted molar refractivity (Wildman–Crippen MR) is 112 cm³/mol. The Morgan fingerprint density at radius 2 is 1.50 bits per heavy atom. The van der Waals surface area contributed by atoms with Gasteiger partial charge in [0.2, 0.25) is 0 Å². The van der Waals surface area contributed by atoms with Gasteiger partial charge in [-0.3, -0.25) is 0 Å². The highest BCUT2D eigenvalue weighted by Gasteiger charge is 2.38. The molecule has 1 saturated carbocycles. The van der Waals surface area contributed by atoms with Crippen LogP contribution in [0.1, 0.15) is 66.9 Å². The summed E-state index contributed by atoms with van der Waals surface area (Å²) in [6.45, 7) is 2.15. The van der Waals surface area contributed by atoms with Gasteiger partial charge < -0.3 is 4.74 Å². The van der Waals surface area contributed by atoms with Gasteiger partial charge in [0.1, 0.15) is 40.1 Å². The predicted octanol–water partition coefficient (Wildman–Crippen LogP) is 8.10. The molecule has 0 bridgehead atoms.